The Bertz CT molecular complexity index is 1170. The van der Waals surface area contributed by atoms with Gasteiger partial charge in [-0.25, -0.2) is 4.98 Å². The monoisotopic (exact) mass is 461 g/mol. The second-order valence-corrected chi connectivity index (χ2v) is 8.55. The van der Waals surface area contributed by atoms with Crippen LogP contribution in [0.3, 0.4) is 0 Å². The van der Waals surface area contributed by atoms with Crippen LogP contribution in [0.5, 0.6) is 11.5 Å². The van der Waals surface area contributed by atoms with E-state index in [-0.39, 0.29) is 18.6 Å². The number of ether oxygens (including phenoxy) is 2. The first-order valence-corrected chi connectivity index (χ1v) is 11.6. The fourth-order valence-electron chi connectivity index (χ4n) is 4.17. The van der Waals surface area contributed by atoms with Gasteiger partial charge in [0.25, 0.3) is 5.91 Å². The van der Waals surface area contributed by atoms with Gasteiger partial charge < -0.3 is 24.1 Å². The van der Waals surface area contributed by atoms with E-state index >= 15 is 0 Å². The van der Waals surface area contributed by atoms with E-state index in [0.717, 1.165) is 54.1 Å². The van der Waals surface area contributed by atoms with Crippen LogP contribution in [-0.2, 0) is 17.8 Å². The Balaban J connectivity index is 1.11. The van der Waals surface area contributed by atoms with Crippen molar-refractivity contribution in [3.05, 3.63) is 65.5 Å². The average molecular weight is 462 g/mol. The molecule has 0 radical (unpaired) electrons. The number of carbonyl (C=O) groups is 2. The minimum absolute atomic E-state index is 0.0182. The second-order valence-electron chi connectivity index (χ2n) is 8.55. The highest BCUT2D eigenvalue weighted by molar-refractivity contribution is 5.92. The molecule has 2 aliphatic heterocycles. The van der Waals surface area contributed by atoms with Crippen molar-refractivity contribution in [3.63, 3.8) is 0 Å². The lowest BCUT2D eigenvalue weighted by Crippen LogP contribution is -2.35. The molecule has 5 rings (SSSR count). The van der Waals surface area contributed by atoms with E-state index in [1.165, 1.54) is 12.7 Å². The van der Waals surface area contributed by atoms with Gasteiger partial charge in [0.1, 0.15) is 6.26 Å². The summed E-state index contributed by atoms with van der Waals surface area (Å²) in [6.07, 6.45) is 5.69. The van der Waals surface area contributed by atoms with Crippen molar-refractivity contribution in [3.8, 4) is 23.0 Å². The summed E-state index contributed by atoms with van der Waals surface area (Å²) in [5.41, 5.74) is 3.13. The Morgan fingerprint density at radius 1 is 0.941 bits per heavy atom. The first-order chi connectivity index (χ1) is 16.7. The molecule has 2 aromatic carbocycles. The Morgan fingerprint density at radius 2 is 1.71 bits per heavy atom. The van der Waals surface area contributed by atoms with Gasteiger partial charge in [0.05, 0.1) is 0 Å². The number of nitrogens with zero attached hydrogens (tertiary/aromatic N) is 2. The number of amides is 2. The lowest BCUT2D eigenvalue weighted by Gasteiger charge is -2.25. The zero-order valence-corrected chi connectivity index (χ0v) is 18.9. The van der Waals surface area contributed by atoms with E-state index in [1.54, 1.807) is 0 Å². The van der Waals surface area contributed by atoms with E-state index in [9.17, 15) is 9.59 Å². The highest BCUT2D eigenvalue weighted by Crippen LogP contribution is 2.32. The molecule has 1 fully saturated rings. The molecule has 0 unspecified atom stereocenters. The number of rotatable bonds is 7. The molecule has 176 valence electrons. The molecule has 1 saturated heterocycles. The van der Waals surface area contributed by atoms with Crippen LogP contribution in [0.15, 0.2) is 53.1 Å². The van der Waals surface area contributed by atoms with Gasteiger partial charge in [-0.3, -0.25) is 9.59 Å². The molecule has 0 spiro atoms. The summed E-state index contributed by atoms with van der Waals surface area (Å²) in [6, 6.07) is 13.4. The van der Waals surface area contributed by atoms with Gasteiger partial charge in [-0.1, -0.05) is 18.2 Å². The number of oxazole rings is 1. The Hall–Kier alpha value is -3.81. The summed E-state index contributed by atoms with van der Waals surface area (Å²) in [4.78, 5) is 31.1. The smallest absolute Gasteiger partial charge is 0.275 e. The number of likely N-dealkylation sites (tertiary alicyclic amines) is 1. The summed E-state index contributed by atoms with van der Waals surface area (Å²) in [5.74, 6) is 1.79. The zero-order valence-electron chi connectivity index (χ0n) is 18.9. The van der Waals surface area contributed by atoms with Crippen LogP contribution in [0.1, 0.15) is 47.3 Å². The number of benzene rings is 2. The SMILES string of the molecule is O=C(CCc1ccc2c(c1)OCO2)NCc1ccc(-c2nc(C(=O)N3CCCCC3)co2)cc1. The van der Waals surface area contributed by atoms with Crippen molar-refractivity contribution in [2.24, 2.45) is 0 Å². The normalized spacial score (nSPS) is 14.8. The van der Waals surface area contributed by atoms with Gasteiger partial charge in [0.2, 0.25) is 18.6 Å². The summed E-state index contributed by atoms with van der Waals surface area (Å²) in [7, 11) is 0. The lowest BCUT2D eigenvalue weighted by molar-refractivity contribution is -0.121. The van der Waals surface area contributed by atoms with Gasteiger partial charge in [0.15, 0.2) is 17.2 Å². The standard InChI is InChI=1S/C26H27N3O5/c30-24(11-7-18-6-10-22-23(14-18)34-17-33-22)27-15-19-4-8-20(9-5-19)25-28-21(16-32-25)26(31)29-12-2-1-3-13-29/h4-6,8-10,14,16H,1-3,7,11-13,15,17H2,(H,27,30). The molecular weight excluding hydrogens is 434 g/mol. The third-order valence-corrected chi connectivity index (χ3v) is 6.13. The van der Waals surface area contributed by atoms with Crippen LogP contribution < -0.4 is 14.8 Å². The van der Waals surface area contributed by atoms with Crippen molar-refractivity contribution < 1.29 is 23.5 Å². The summed E-state index contributed by atoms with van der Waals surface area (Å²) in [5, 5.41) is 2.95. The van der Waals surface area contributed by atoms with Crippen molar-refractivity contribution in [1.82, 2.24) is 15.2 Å². The Kier molecular flexibility index (Phi) is 6.46. The number of hydrogen-bond donors (Lipinski definition) is 1. The number of fused-ring (bicyclic) bond motifs is 1. The molecule has 2 amide bonds. The Morgan fingerprint density at radius 3 is 2.53 bits per heavy atom. The van der Waals surface area contributed by atoms with Gasteiger partial charge in [-0.15, -0.1) is 0 Å². The van der Waals surface area contributed by atoms with Crippen LogP contribution in [-0.4, -0.2) is 41.6 Å². The summed E-state index contributed by atoms with van der Waals surface area (Å²) >= 11 is 0. The highest BCUT2D eigenvalue weighted by atomic mass is 16.7. The first kappa shape index (κ1) is 22.0. The largest absolute Gasteiger partial charge is 0.454 e. The Labute approximate surface area is 197 Å². The lowest BCUT2D eigenvalue weighted by atomic mass is 10.1. The van der Waals surface area contributed by atoms with Crippen molar-refractivity contribution in [1.29, 1.82) is 0 Å². The molecule has 1 N–H and O–H groups in total. The predicted octanol–water partition coefficient (Wildman–Crippen LogP) is 3.95. The highest BCUT2D eigenvalue weighted by Gasteiger charge is 2.21. The van der Waals surface area contributed by atoms with Crippen LogP contribution >= 0.6 is 0 Å². The maximum Gasteiger partial charge on any atom is 0.275 e. The molecule has 0 bridgehead atoms. The number of nitrogens with one attached hydrogen (secondary N) is 1. The molecular formula is C26H27N3O5. The van der Waals surface area contributed by atoms with Crippen molar-refractivity contribution >= 4 is 11.8 Å². The fourth-order valence-corrected chi connectivity index (χ4v) is 4.17. The summed E-state index contributed by atoms with van der Waals surface area (Å²) in [6.45, 7) is 2.23. The third kappa shape index (κ3) is 5.06. The molecule has 34 heavy (non-hydrogen) atoms. The molecule has 8 nitrogen and oxygen atoms in total. The maximum atomic E-state index is 12.6. The molecule has 3 heterocycles. The fraction of sp³-hybridized carbons (Fsp3) is 0.346. The van der Waals surface area contributed by atoms with Crippen LogP contribution in [0.25, 0.3) is 11.5 Å². The first-order valence-electron chi connectivity index (χ1n) is 11.6. The number of carbonyl (C=O) groups excluding carboxylic acids is 2. The number of piperidine rings is 1. The third-order valence-electron chi connectivity index (χ3n) is 6.13. The quantitative estimate of drug-likeness (QED) is 0.573. The van der Waals surface area contributed by atoms with E-state index < -0.39 is 0 Å². The maximum absolute atomic E-state index is 12.6. The van der Waals surface area contributed by atoms with E-state index in [0.29, 0.717) is 31.0 Å². The van der Waals surface area contributed by atoms with Crippen molar-refractivity contribution in [2.75, 3.05) is 19.9 Å². The molecule has 3 aromatic rings. The number of aromatic nitrogens is 1. The van der Waals surface area contributed by atoms with Crippen molar-refractivity contribution in [2.45, 2.75) is 38.6 Å². The van der Waals surface area contributed by atoms with Gasteiger partial charge in [-0.2, -0.15) is 0 Å². The number of hydrogen-bond acceptors (Lipinski definition) is 6. The zero-order chi connectivity index (χ0) is 23.3. The molecule has 8 heteroatoms. The van der Waals surface area contributed by atoms with Gasteiger partial charge >= 0.3 is 0 Å². The number of aryl methyl sites for hydroxylation is 1. The van der Waals surface area contributed by atoms with Crippen LogP contribution in [0.4, 0.5) is 0 Å². The predicted molar refractivity (Wildman–Crippen MR) is 124 cm³/mol. The summed E-state index contributed by atoms with van der Waals surface area (Å²) < 4.78 is 16.2. The molecule has 0 aliphatic carbocycles. The van der Waals surface area contributed by atoms with Gasteiger partial charge in [-0.05, 0) is 61.1 Å². The average Bonchev–Trinajstić information content (AvgIpc) is 3.56. The molecule has 0 atom stereocenters. The van der Waals surface area contributed by atoms with E-state index in [2.05, 4.69) is 10.3 Å². The minimum Gasteiger partial charge on any atom is -0.454 e. The molecule has 0 saturated carbocycles. The van der Waals surface area contributed by atoms with E-state index in [4.69, 9.17) is 13.9 Å². The molecule has 1 aromatic heterocycles. The van der Waals surface area contributed by atoms with Crippen LogP contribution in [0.2, 0.25) is 0 Å². The van der Waals surface area contributed by atoms with Crippen LogP contribution in [0, 0.1) is 0 Å². The molecule has 2 aliphatic rings. The second kappa shape index (κ2) is 9.99. The van der Waals surface area contributed by atoms with E-state index in [1.807, 2.05) is 47.4 Å². The topological polar surface area (TPSA) is 93.9 Å². The van der Waals surface area contributed by atoms with Gasteiger partial charge in [0, 0.05) is 31.6 Å². The minimum atomic E-state index is -0.0743.